The van der Waals surface area contributed by atoms with Crippen molar-refractivity contribution < 1.29 is 0 Å². The van der Waals surface area contributed by atoms with E-state index in [4.69, 9.17) is 0 Å². The predicted octanol–water partition coefficient (Wildman–Crippen LogP) is 1.60. The van der Waals surface area contributed by atoms with Crippen LogP contribution in [0, 0.1) is 12.3 Å². The third kappa shape index (κ3) is 2.35. The first-order valence-corrected chi connectivity index (χ1v) is 3.96. The van der Waals surface area contributed by atoms with Gasteiger partial charge < -0.3 is 5.32 Å². The monoisotopic (exact) mass is 126 g/mol. The minimum absolute atomic E-state index is 0.949. The molecule has 1 saturated carbocycles. The lowest BCUT2D eigenvalue weighted by Gasteiger charge is -2.07. The molecule has 0 aromatic heterocycles. The molecule has 53 valence electrons. The van der Waals surface area contributed by atoms with E-state index in [1.165, 1.54) is 25.8 Å². The second-order valence-electron chi connectivity index (χ2n) is 2.78. The topological polar surface area (TPSA) is 12.0 Å². The Morgan fingerprint density at radius 1 is 1.67 bits per heavy atom. The van der Waals surface area contributed by atoms with Gasteiger partial charge in [-0.15, -0.1) is 0 Å². The highest BCUT2D eigenvalue weighted by atomic mass is 14.8. The Labute approximate surface area is 57.8 Å². The standard InChI is InChI=1S/C8H16N/c1-2-9-7-8-5-3-4-6-8/h3,8-9H,2,4-7H2,1H3. The van der Waals surface area contributed by atoms with Crippen LogP contribution in [0.1, 0.15) is 26.2 Å². The molecule has 1 aliphatic rings. The lowest BCUT2D eigenvalue weighted by Crippen LogP contribution is -2.20. The van der Waals surface area contributed by atoms with Crippen molar-refractivity contribution in [3.05, 3.63) is 6.42 Å². The Balaban J connectivity index is 1.98. The van der Waals surface area contributed by atoms with Gasteiger partial charge in [-0.3, -0.25) is 0 Å². The van der Waals surface area contributed by atoms with E-state index in [2.05, 4.69) is 18.7 Å². The average molecular weight is 126 g/mol. The van der Waals surface area contributed by atoms with Crippen LogP contribution >= 0.6 is 0 Å². The average Bonchev–Trinajstić information content (AvgIpc) is 2.34. The molecule has 1 heteroatoms. The van der Waals surface area contributed by atoms with E-state index in [-0.39, 0.29) is 0 Å². The third-order valence-corrected chi connectivity index (χ3v) is 1.96. The molecule has 0 aromatic rings. The van der Waals surface area contributed by atoms with E-state index in [1.807, 2.05) is 0 Å². The number of hydrogen-bond donors (Lipinski definition) is 1. The van der Waals surface area contributed by atoms with E-state index in [0.29, 0.717) is 0 Å². The molecule has 1 unspecified atom stereocenters. The van der Waals surface area contributed by atoms with Crippen LogP contribution in [0.5, 0.6) is 0 Å². The fourth-order valence-corrected chi connectivity index (χ4v) is 1.36. The van der Waals surface area contributed by atoms with Crippen LogP contribution in [0.25, 0.3) is 0 Å². The molecule has 1 fully saturated rings. The molecule has 0 bridgehead atoms. The highest BCUT2D eigenvalue weighted by Gasteiger charge is 2.13. The lowest BCUT2D eigenvalue weighted by molar-refractivity contribution is 0.504. The maximum atomic E-state index is 3.37. The van der Waals surface area contributed by atoms with Crippen molar-refractivity contribution in [2.75, 3.05) is 13.1 Å². The second-order valence-corrected chi connectivity index (χ2v) is 2.78. The molecule has 0 aliphatic heterocycles. The maximum absolute atomic E-state index is 3.37. The summed E-state index contributed by atoms with van der Waals surface area (Å²) in [5.74, 6) is 0.949. The molecule has 0 spiro atoms. The van der Waals surface area contributed by atoms with Crippen molar-refractivity contribution in [2.24, 2.45) is 5.92 Å². The predicted molar refractivity (Wildman–Crippen MR) is 40.2 cm³/mol. The van der Waals surface area contributed by atoms with Crippen molar-refractivity contribution in [3.8, 4) is 0 Å². The second kappa shape index (κ2) is 3.89. The summed E-state index contributed by atoms with van der Waals surface area (Å²) in [5.41, 5.74) is 0. The first kappa shape index (κ1) is 7.07. The summed E-state index contributed by atoms with van der Waals surface area (Å²) in [4.78, 5) is 0. The Kier molecular flexibility index (Phi) is 3.05. The Bertz CT molecular complexity index is 65.0. The van der Waals surface area contributed by atoms with Crippen molar-refractivity contribution >= 4 is 0 Å². The van der Waals surface area contributed by atoms with E-state index >= 15 is 0 Å². The molecular weight excluding hydrogens is 110 g/mol. The van der Waals surface area contributed by atoms with Crippen LogP contribution in [0.15, 0.2) is 0 Å². The van der Waals surface area contributed by atoms with Gasteiger partial charge in [-0.2, -0.15) is 0 Å². The Morgan fingerprint density at radius 3 is 3.11 bits per heavy atom. The summed E-state index contributed by atoms with van der Waals surface area (Å²) in [6, 6.07) is 0. The SMILES string of the molecule is CCNCC1C[CH]CC1. The van der Waals surface area contributed by atoms with Crippen molar-refractivity contribution in [1.29, 1.82) is 0 Å². The molecule has 1 rings (SSSR count). The van der Waals surface area contributed by atoms with Crippen molar-refractivity contribution in [3.63, 3.8) is 0 Å². The molecule has 9 heavy (non-hydrogen) atoms. The van der Waals surface area contributed by atoms with Gasteiger partial charge in [-0.05, 0) is 44.7 Å². The fourth-order valence-electron chi connectivity index (χ4n) is 1.36. The summed E-state index contributed by atoms with van der Waals surface area (Å²) in [7, 11) is 0. The summed E-state index contributed by atoms with van der Waals surface area (Å²) in [6.07, 6.45) is 6.50. The first-order chi connectivity index (χ1) is 4.43. The normalized spacial score (nSPS) is 21.0. The van der Waals surface area contributed by atoms with Crippen LogP contribution in [-0.2, 0) is 0 Å². The zero-order chi connectivity index (χ0) is 6.53. The highest BCUT2D eigenvalue weighted by Crippen LogP contribution is 2.22. The van der Waals surface area contributed by atoms with Crippen molar-refractivity contribution in [2.45, 2.75) is 26.2 Å². The molecule has 1 atom stereocenters. The smallest absolute Gasteiger partial charge is 0.00205 e. The van der Waals surface area contributed by atoms with Gasteiger partial charge in [0.1, 0.15) is 0 Å². The quantitative estimate of drug-likeness (QED) is 0.605. The summed E-state index contributed by atoms with van der Waals surface area (Å²) < 4.78 is 0. The molecular formula is C8H16N. The van der Waals surface area contributed by atoms with E-state index < -0.39 is 0 Å². The summed E-state index contributed by atoms with van der Waals surface area (Å²) >= 11 is 0. The van der Waals surface area contributed by atoms with Gasteiger partial charge in [0.05, 0.1) is 0 Å². The van der Waals surface area contributed by atoms with E-state index in [9.17, 15) is 0 Å². The van der Waals surface area contributed by atoms with Crippen LogP contribution < -0.4 is 5.32 Å². The molecule has 1 nitrogen and oxygen atoms in total. The summed E-state index contributed by atoms with van der Waals surface area (Å²) in [6.45, 7) is 4.52. The Hall–Kier alpha value is -0.0400. The van der Waals surface area contributed by atoms with Crippen LogP contribution in [0.4, 0.5) is 0 Å². The molecule has 0 saturated heterocycles. The lowest BCUT2D eigenvalue weighted by atomic mass is 10.1. The van der Waals surface area contributed by atoms with Gasteiger partial charge in [0.15, 0.2) is 0 Å². The first-order valence-electron chi connectivity index (χ1n) is 3.96. The van der Waals surface area contributed by atoms with E-state index in [0.717, 1.165) is 12.5 Å². The zero-order valence-corrected chi connectivity index (χ0v) is 6.19. The van der Waals surface area contributed by atoms with Gasteiger partial charge in [-0.1, -0.05) is 6.92 Å². The Morgan fingerprint density at radius 2 is 2.56 bits per heavy atom. The van der Waals surface area contributed by atoms with Crippen LogP contribution in [-0.4, -0.2) is 13.1 Å². The molecule has 0 heterocycles. The third-order valence-electron chi connectivity index (χ3n) is 1.96. The molecule has 1 N–H and O–H groups in total. The van der Waals surface area contributed by atoms with Gasteiger partial charge in [0.25, 0.3) is 0 Å². The van der Waals surface area contributed by atoms with E-state index in [1.54, 1.807) is 0 Å². The van der Waals surface area contributed by atoms with Gasteiger partial charge in [0, 0.05) is 0 Å². The molecule has 1 radical (unpaired) electrons. The minimum atomic E-state index is 0.949. The highest BCUT2D eigenvalue weighted by molar-refractivity contribution is 4.81. The maximum Gasteiger partial charge on any atom is -0.00205 e. The van der Waals surface area contributed by atoms with Gasteiger partial charge >= 0.3 is 0 Å². The number of rotatable bonds is 3. The number of hydrogen-bond acceptors (Lipinski definition) is 1. The number of nitrogens with one attached hydrogen (secondary N) is 1. The van der Waals surface area contributed by atoms with Gasteiger partial charge in [0.2, 0.25) is 0 Å². The van der Waals surface area contributed by atoms with Crippen LogP contribution in [0.2, 0.25) is 0 Å². The van der Waals surface area contributed by atoms with Crippen LogP contribution in [0.3, 0.4) is 0 Å². The van der Waals surface area contributed by atoms with Gasteiger partial charge in [-0.25, -0.2) is 0 Å². The van der Waals surface area contributed by atoms with Crippen molar-refractivity contribution in [1.82, 2.24) is 5.32 Å². The minimum Gasteiger partial charge on any atom is -0.317 e. The molecule has 1 aliphatic carbocycles. The largest absolute Gasteiger partial charge is 0.317 e. The fraction of sp³-hybridized carbons (Fsp3) is 0.875. The summed E-state index contributed by atoms with van der Waals surface area (Å²) in [5, 5.41) is 3.37. The zero-order valence-electron chi connectivity index (χ0n) is 6.19. The molecule has 0 amide bonds. The molecule has 0 aromatic carbocycles.